The molecule has 0 aromatic heterocycles. The smallest absolute Gasteiger partial charge is 0.257 e. The van der Waals surface area contributed by atoms with Crippen LogP contribution < -0.4 is 11.1 Å². The van der Waals surface area contributed by atoms with Gasteiger partial charge in [-0.3, -0.25) is 4.79 Å². The summed E-state index contributed by atoms with van der Waals surface area (Å²) in [4.78, 5) is 11.5. The molecule has 0 aliphatic rings. The second-order valence-electron chi connectivity index (χ2n) is 3.43. The van der Waals surface area contributed by atoms with E-state index in [1.54, 1.807) is 11.8 Å². The van der Waals surface area contributed by atoms with Crippen molar-refractivity contribution in [1.29, 1.82) is 0 Å². The highest BCUT2D eigenvalue weighted by atomic mass is 32.2. The van der Waals surface area contributed by atoms with Crippen LogP contribution in [0.5, 0.6) is 0 Å². The van der Waals surface area contributed by atoms with E-state index in [4.69, 9.17) is 5.73 Å². The Bertz CT molecular complexity index is 413. The molecule has 1 amide bonds. The molecule has 1 aromatic carbocycles. The van der Waals surface area contributed by atoms with Gasteiger partial charge in [-0.05, 0) is 30.6 Å². The lowest BCUT2D eigenvalue weighted by Crippen LogP contribution is -2.27. The summed E-state index contributed by atoms with van der Waals surface area (Å²) in [5.74, 6) is -1.80. The molecule has 6 heteroatoms. The molecule has 3 N–H and O–H groups in total. The molecule has 0 saturated carbocycles. The van der Waals surface area contributed by atoms with Crippen molar-refractivity contribution in [2.45, 2.75) is 6.42 Å². The maximum atomic E-state index is 13.5. The number of hydrogen-bond acceptors (Lipinski definition) is 3. The van der Waals surface area contributed by atoms with E-state index in [2.05, 4.69) is 5.32 Å². The number of carbonyl (C=O) groups is 1. The van der Waals surface area contributed by atoms with Gasteiger partial charge in [0, 0.05) is 6.54 Å². The molecule has 94 valence electrons. The van der Waals surface area contributed by atoms with Gasteiger partial charge in [-0.2, -0.15) is 11.8 Å². The molecule has 1 rings (SSSR count). The third-order valence-corrected chi connectivity index (χ3v) is 2.86. The lowest BCUT2D eigenvalue weighted by atomic mass is 10.1. The Hall–Kier alpha value is -1.30. The van der Waals surface area contributed by atoms with Gasteiger partial charge in [0.1, 0.15) is 11.4 Å². The van der Waals surface area contributed by atoms with Gasteiger partial charge in [0.25, 0.3) is 5.91 Å². The third-order valence-electron chi connectivity index (χ3n) is 2.16. The average molecular weight is 260 g/mol. The summed E-state index contributed by atoms with van der Waals surface area (Å²) in [7, 11) is 0. The predicted molar refractivity (Wildman–Crippen MR) is 66.1 cm³/mol. The summed E-state index contributed by atoms with van der Waals surface area (Å²) in [5, 5.41) is 2.45. The fourth-order valence-corrected chi connectivity index (χ4v) is 1.72. The van der Waals surface area contributed by atoms with E-state index in [1.165, 1.54) is 0 Å². The average Bonchev–Trinajstić information content (AvgIpc) is 2.30. The zero-order chi connectivity index (χ0) is 12.8. The van der Waals surface area contributed by atoms with Crippen LogP contribution in [-0.2, 0) is 0 Å². The van der Waals surface area contributed by atoms with E-state index < -0.39 is 23.1 Å². The fraction of sp³-hybridized carbons (Fsp3) is 0.364. The normalized spacial score (nSPS) is 10.3. The molecule has 0 unspecified atom stereocenters. The van der Waals surface area contributed by atoms with E-state index in [0.717, 1.165) is 24.3 Å². The van der Waals surface area contributed by atoms with Crippen molar-refractivity contribution < 1.29 is 13.6 Å². The molecule has 0 atom stereocenters. The molecule has 0 aliphatic carbocycles. The van der Waals surface area contributed by atoms with Crippen molar-refractivity contribution in [3.8, 4) is 0 Å². The Balaban J connectivity index is 2.72. The number of hydrogen-bond donors (Lipinski definition) is 2. The van der Waals surface area contributed by atoms with Crippen LogP contribution in [-0.4, -0.2) is 24.5 Å². The molecule has 0 aliphatic heterocycles. The van der Waals surface area contributed by atoms with Crippen molar-refractivity contribution in [3.63, 3.8) is 0 Å². The lowest BCUT2D eigenvalue weighted by molar-refractivity contribution is 0.0945. The lowest BCUT2D eigenvalue weighted by Gasteiger charge is -2.08. The third kappa shape index (κ3) is 3.59. The first kappa shape index (κ1) is 13.8. The molecule has 0 spiro atoms. The minimum Gasteiger partial charge on any atom is -0.396 e. The number of thioether (sulfide) groups is 1. The van der Waals surface area contributed by atoms with Crippen molar-refractivity contribution in [3.05, 3.63) is 29.3 Å². The molecule has 0 bridgehead atoms. The van der Waals surface area contributed by atoms with Crippen LogP contribution in [0.3, 0.4) is 0 Å². The maximum Gasteiger partial charge on any atom is 0.257 e. The highest BCUT2D eigenvalue weighted by Gasteiger charge is 2.18. The van der Waals surface area contributed by atoms with E-state index in [1.807, 2.05) is 6.26 Å². The Morgan fingerprint density at radius 1 is 1.47 bits per heavy atom. The van der Waals surface area contributed by atoms with Gasteiger partial charge in [-0.25, -0.2) is 8.78 Å². The largest absolute Gasteiger partial charge is 0.396 e. The molecule has 0 fully saturated rings. The van der Waals surface area contributed by atoms with Gasteiger partial charge in [0.2, 0.25) is 0 Å². The van der Waals surface area contributed by atoms with Crippen LogP contribution in [0, 0.1) is 11.6 Å². The van der Waals surface area contributed by atoms with Gasteiger partial charge in [0.15, 0.2) is 5.82 Å². The Morgan fingerprint density at radius 2 is 2.18 bits per heavy atom. The van der Waals surface area contributed by atoms with Gasteiger partial charge in [-0.15, -0.1) is 0 Å². The van der Waals surface area contributed by atoms with Crippen LogP contribution >= 0.6 is 11.8 Å². The SMILES string of the molecule is CSCCCNC(=O)c1c(F)ccc(N)c1F. The Kier molecular flexibility index (Phi) is 5.21. The molecule has 0 saturated heterocycles. The van der Waals surface area contributed by atoms with Crippen LogP contribution in [0.1, 0.15) is 16.8 Å². The summed E-state index contributed by atoms with van der Waals surface area (Å²) in [6.07, 6.45) is 2.69. The molecule has 1 aromatic rings. The van der Waals surface area contributed by atoms with E-state index in [-0.39, 0.29) is 5.69 Å². The van der Waals surface area contributed by atoms with Crippen LogP contribution in [0.4, 0.5) is 14.5 Å². The minimum atomic E-state index is -1.01. The standard InChI is InChI=1S/C11H14F2N2OS/c1-17-6-2-5-15-11(16)9-7(12)3-4-8(14)10(9)13/h3-4H,2,5-6,14H2,1H3,(H,15,16). The van der Waals surface area contributed by atoms with Gasteiger partial charge in [0.05, 0.1) is 5.69 Å². The van der Waals surface area contributed by atoms with Crippen molar-refractivity contribution in [2.75, 3.05) is 24.3 Å². The summed E-state index contributed by atoms with van der Waals surface area (Å²) in [6.45, 7) is 0.382. The monoisotopic (exact) mass is 260 g/mol. The maximum absolute atomic E-state index is 13.5. The molecule has 3 nitrogen and oxygen atoms in total. The molecule has 17 heavy (non-hydrogen) atoms. The molecular weight excluding hydrogens is 246 g/mol. The first-order chi connectivity index (χ1) is 8.07. The van der Waals surface area contributed by atoms with Gasteiger partial charge in [-0.1, -0.05) is 0 Å². The number of nitrogen functional groups attached to an aromatic ring is 1. The zero-order valence-electron chi connectivity index (χ0n) is 9.43. The number of nitrogens with one attached hydrogen (secondary N) is 1. The zero-order valence-corrected chi connectivity index (χ0v) is 10.2. The summed E-state index contributed by atoms with van der Waals surface area (Å²) in [6, 6.07) is 2.07. The van der Waals surface area contributed by atoms with Crippen molar-refractivity contribution in [1.82, 2.24) is 5.32 Å². The Morgan fingerprint density at radius 3 is 2.82 bits per heavy atom. The number of nitrogens with two attached hydrogens (primary N) is 1. The summed E-state index contributed by atoms with van der Waals surface area (Å²) in [5.41, 5.74) is 4.43. The Labute approximate surface area is 103 Å². The highest BCUT2D eigenvalue weighted by molar-refractivity contribution is 7.98. The van der Waals surface area contributed by atoms with Crippen LogP contribution in [0.25, 0.3) is 0 Å². The van der Waals surface area contributed by atoms with Crippen LogP contribution in [0.15, 0.2) is 12.1 Å². The summed E-state index contributed by atoms with van der Waals surface area (Å²) < 4.78 is 26.8. The van der Waals surface area contributed by atoms with Crippen molar-refractivity contribution >= 4 is 23.4 Å². The number of amides is 1. The first-order valence-corrected chi connectivity index (χ1v) is 6.48. The van der Waals surface area contributed by atoms with Gasteiger partial charge < -0.3 is 11.1 Å². The predicted octanol–water partition coefficient (Wildman–Crippen LogP) is 2.03. The molecular formula is C11H14F2N2OS. The number of benzene rings is 1. The van der Waals surface area contributed by atoms with Gasteiger partial charge >= 0.3 is 0 Å². The summed E-state index contributed by atoms with van der Waals surface area (Å²) >= 11 is 1.64. The first-order valence-electron chi connectivity index (χ1n) is 5.08. The highest BCUT2D eigenvalue weighted by Crippen LogP contribution is 2.18. The number of anilines is 1. The van der Waals surface area contributed by atoms with E-state index in [0.29, 0.717) is 6.54 Å². The molecule has 0 heterocycles. The fourth-order valence-electron chi connectivity index (χ4n) is 1.28. The molecule has 0 radical (unpaired) electrons. The number of carbonyl (C=O) groups excluding carboxylic acids is 1. The quantitative estimate of drug-likeness (QED) is 0.629. The number of halogens is 2. The van der Waals surface area contributed by atoms with E-state index >= 15 is 0 Å². The van der Waals surface area contributed by atoms with Crippen LogP contribution in [0.2, 0.25) is 0 Å². The number of rotatable bonds is 5. The second kappa shape index (κ2) is 6.44. The second-order valence-corrected chi connectivity index (χ2v) is 4.41. The minimum absolute atomic E-state index is 0.235. The van der Waals surface area contributed by atoms with Crippen molar-refractivity contribution in [2.24, 2.45) is 0 Å². The topological polar surface area (TPSA) is 55.1 Å². The van der Waals surface area contributed by atoms with E-state index in [9.17, 15) is 13.6 Å².